The lowest BCUT2D eigenvalue weighted by Crippen LogP contribution is -2.45. The van der Waals surface area contributed by atoms with Crippen molar-refractivity contribution in [3.05, 3.63) is 29.8 Å². The van der Waals surface area contributed by atoms with Gasteiger partial charge in [-0.15, -0.1) is 0 Å². The summed E-state index contributed by atoms with van der Waals surface area (Å²) in [6.07, 6.45) is 3.33. The van der Waals surface area contributed by atoms with Crippen LogP contribution in [0, 0.1) is 5.92 Å². The Morgan fingerprint density at radius 3 is 2.33 bits per heavy atom. The molecule has 1 aromatic carbocycles. The number of rotatable bonds is 6. The zero-order valence-electron chi connectivity index (χ0n) is 12.2. The fourth-order valence-corrected chi connectivity index (χ4v) is 3.18. The smallest absolute Gasteiger partial charge is 0.261 e. The van der Waals surface area contributed by atoms with Crippen LogP contribution < -0.4 is 5.32 Å². The summed E-state index contributed by atoms with van der Waals surface area (Å²) in [7, 11) is 1.57. The molecule has 0 saturated heterocycles. The number of benzene rings is 1. The van der Waals surface area contributed by atoms with E-state index in [-0.39, 0.29) is 16.3 Å². The third-order valence-corrected chi connectivity index (χ3v) is 5.27. The Morgan fingerprint density at radius 1 is 1.29 bits per heavy atom. The van der Waals surface area contributed by atoms with Crippen molar-refractivity contribution in [2.45, 2.75) is 50.0 Å². The van der Waals surface area contributed by atoms with Crippen molar-refractivity contribution in [1.82, 2.24) is 5.32 Å². The molecule has 0 atom stereocenters. The first kappa shape index (κ1) is 16.3. The topological polar surface area (TPSA) is 63.2 Å². The van der Waals surface area contributed by atoms with Crippen molar-refractivity contribution < 1.29 is 13.2 Å². The first-order valence-electron chi connectivity index (χ1n) is 7.03. The van der Waals surface area contributed by atoms with Crippen LogP contribution >= 0.6 is 10.7 Å². The van der Waals surface area contributed by atoms with E-state index in [4.69, 9.17) is 10.7 Å². The summed E-state index contributed by atoms with van der Waals surface area (Å²) in [5, 5.41) is 3.07. The summed E-state index contributed by atoms with van der Waals surface area (Å²) in [5.41, 5.74) is 0.784. The molecule has 0 heterocycles. The van der Waals surface area contributed by atoms with E-state index in [0.717, 1.165) is 5.56 Å². The molecular formula is C15H20ClNO3S. The van der Waals surface area contributed by atoms with Gasteiger partial charge in [-0.25, -0.2) is 8.42 Å². The third kappa shape index (κ3) is 4.71. The molecular weight excluding hydrogens is 310 g/mol. The minimum atomic E-state index is -3.68. The lowest BCUT2D eigenvalue weighted by molar-refractivity contribution is -0.122. The second kappa shape index (κ2) is 5.97. The highest BCUT2D eigenvalue weighted by atomic mass is 35.7. The molecule has 21 heavy (non-hydrogen) atoms. The van der Waals surface area contributed by atoms with Gasteiger partial charge in [0.15, 0.2) is 0 Å². The number of amides is 1. The Kier molecular flexibility index (Phi) is 4.63. The van der Waals surface area contributed by atoms with Crippen molar-refractivity contribution in [1.29, 1.82) is 0 Å². The predicted molar refractivity (Wildman–Crippen MR) is 82.7 cm³/mol. The van der Waals surface area contributed by atoms with Crippen molar-refractivity contribution >= 4 is 25.6 Å². The number of carbonyl (C=O) groups is 1. The van der Waals surface area contributed by atoms with Crippen molar-refractivity contribution in [3.8, 4) is 0 Å². The molecule has 2 rings (SSSR count). The zero-order chi connectivity index (χ0) is 15.7. The Bertz CT molecular complexity index is 619. The molecule has 1 aliphatic carbocycles. The lowest BCUT2D eigenvalue weighted by atomic mass is 9.98. The second-order valence-electron chi connectivity index (χ2n) is 6.13. The molecule has 0 aromatic heterocycles. The van der Waals surface area contributed by atoms with E-state index in [1.807, 2.05) is 0 Å². The van der Waals surface area contributed by atoms with Crippen LogP contribution in [0.25, 0.3) is 0 Å². The first-order chi connectivity index (χ1) is 9.68. The van der Waals surface area contributed by atoms with Crippen LogP contribution in [-0.2, 0) is 20.3 Å². The first-order valence-corrected chi connectivity index (χ1v) is 9.34. The summed E-state index contributed by atoms with van der Waals surface area (Å²) in [6.45, 7) is 4.12. The van der Waals surface area contributed by atoms with E-state index >= 15 is 0 Å². The maximum Gasteiger partial charge on any atom is 0.261 e. The van der Waals surface area contributed by atoms with E-state index in [1.165, 1.54) is 25.0 Å². The largest absolute Gasteiger partial charge is 0.351 e. The van der Waals surface area contributed by atoms with E-state index < -0.39 is 9.05 Å². The quantitative estimate of drug-likeness (QED) is 0.816. The molecule has 1 fully saturated rings. The molecule has 0 unspecified atom stereocenters. The van der Waals surface area contributed by atoms with Gasteiger partial charge in [-0.1, -0.05) is 12.1 Å². The molecule has 6 heteroatoms. The summed E-state index contributed by atoms with van der Waals surface area (Å²) >= 11 is 0. The normalized spacial score (nSPS) is 15.8. The summed E-state index contributed by atoms with van der Waals surface area (Å²) < 4.78 is 22.3. The van der Waals surface area contributed by atoms with Crippen LogP contribution in [0.2, 0.25) is 0 Å². The molecule has 1 aliphatic rings. The van der Waals surface area contributed by atoms with Crippen molar-refractivity contribution in [3.63, 3.8) is 0 Å². The monoisotopic (exact) mass is 329 g/mol. The molecule has 1 amide bonds. The molecule has 1 aromatic rings. The van der Waals surface area contributed by atoms with Gasteiger partial charge in [-0.3, -0.25) is 4.79 Å². The highest BCUT2D eigenvalue weighted by molar-refractivity contribution is 8.13. The van der Waals surface area contributed by atoms with E-state index in [0.29, 0.717) is 18.8 Å². The van der Waals surface area contributed by atoms with Gasteiger partial charge in [-0.2, -0.15) is 0 Å². The maximum atomic E-state index is 12.0. The fraction of sp³-hybridized carbons (Fsp3) is 0.533. The Morgan fingerprint density at radius 2 is 1.86 bits per heavy atom. The average molecular weight is 330 g/mol. The van der Waals surface area contributed by atoms with Crippen molar-refractivity contribution in [2.24, 2.45) is 5.92 Å². The van der Waals surface area contributed by atoms with Gasteiger partial charge >= 0.3 is 0 Å². The standard InChI is InChI=1S/C15H20ClNO3S/c1-15(2,12-6-7-12)17-14(18)10-5-11-3-8-13(9-4-11)21(16,19)20/h3-4,8-9,12H,5-7,10H2,1-2H3,(H,17,18). The number of nitrogens with one attached hydrogen (secondary N) is 1. The molecule has 0 spiro atoms. The number of hydrogen-bond acceptors (Lipinski definition) is 3. The number of aryl methyl sites for hydroxylation is 1. The number of hydrogen-bond donors (Lipinski definition) is 1. The number of halogens is 1. The lowest BCUT2D eigenvalue weighted by Gasteiger charge is -2.26. The van der Waals surface area contributed by atoms with Gasteiger partial charge < -0.3 is 5.32 Å². The Hall–Kier alpha value is -1.07. The van der Waals surface area contributed by atoms with Gasteiger partial charge in [0.1, 0.15) is 0 Å². The minimum Gasteiger partial charge on any atom is -0.351 e. The van der Waals surface area contributed by atoms with Gasteiger partial charge in [-0.05, 0) is 56.7 Å². The Balaban J connectivity index is 1.86. The van der Waals surface area contributed by atoms with E-state index in [2.05, 4.69) is 19.2 Å². The molecule has 0 aliphatic heterocycles. The van der Waals surface area contributed by atoms with Crippen LogP contribution in [0.5, 0.6) is 0 Å². The van der Waals surface area contributed by atoms with Crippen LogP contribution in [0.4, 0.5) is 0 Å². The zero-order valence-corrected chi connectivity index (χ0v) is 13.8. The maximum absolute atomic E-state index is 12.0. The van der Waals surface area contributed by atoms with E-state index in [9.17, 15) is 13.2 Å². The van der Waals surface area contributed by atoms with Gasteiger partial charge in [0.2, 0.25) is 5.91 Å². The Labute approximate surface area is 130 Å². The molecule has 0 bridgehead atoms. The molecule has 0 radical (unpaired) electrons. The predicted octanol–water partition coefficient (Wildman–Crippen LogP) is 2.85. The summed E-state index contributed by atoms with van der Waals surface area (Å²) in [5.74, 6) is 0.621. The fourth-order valence-electron chi connectivity index (χ4n) is 2.41. The average Bonchev–Trinajstić information content (AvgIpc) is 3.20. The molecule has 1 saturated carbocycles. The highest BCUT2D eigenvalue weighted by Gasteiger charge is 2.38. The SMILES string of the molecule is CC(C)(NC(=O)CCc1ccc(S(=O)(=O)Cl)cc1)C1CC1. The van der Waals surface area contributed by atoms with Crippen LogP contribution in [0.15, 0.2) is 29.2 Å². The molecule has 116 valence electrons. The van der Waals surface area contributed by atoms with Gasteiger partial charge in [0.25, 0.3) is 9.05 Å². The number of carbonyl (C=O) groups excluding carboxylic acids is 1. The van der Waals surface area contributed by atoms with Crippen LogP contribution in [0.1, 0.15) is 38.7 Å². The molecule has 1 N–H and O–H groups in total. The highest BCUT2D eigenvalue weighted by Crippen LogP contribution is 2.39. The minimum absolute atomic E-state index is 0.0286. The van der Waals surface area contributed by atoms with Gasteiger partial charge in [0, 0.05) is 22.6 Å². The van der Waals surface area contributed by atoms with Gasteiger partial charge in [0.05, 0.1) is 4.90 Å². The second-order valence-corrected chi connectivity index (χ2v) is 8.69. The van der Waals surface area contributed by atoms with Crippen LogP contribution in [0.3, 0.4) is 0 Å². The van der Waals surface area contributed by atoms with Crippen molar-refractivity contribution in [2.75, 3.05) is 0 Å². The molecule has 4 nitrogen and oxygen atoms in total. The van der Waals surface area contributed by atoms with Crippen LogP contribution in [-0.4, -0.2) is 19.9 Å². The summed E-state index contributed by atoms with van der Waals surface area (Å²) in [6, 6.07) is 6.30. The third-order valence-electron chi connectivity index (χ3n) is 3.91. The van der Waals surface area contributed by atoms with E-state index in [1.54, 1.807) is 12.1 Å². The summed E-state index contributed by atoms with van der Waals surface area (Å²) in [4.78, 5) is 12.0.